The van der Waals surface area contributed by atoms with Crippen LogP contribution in [0.2, 0.25) is 0 Å². The number of nitrogens with zero attached hydrogens (tertiary/aromatic N) is 2. The van der Waals surface area contributed by atoms with Gasteiger partial charge in [0.1, 0.15) is 11.5 Å². The van der Waals surface area contributed by atoms with Gasteiger partial charge in [-0.25, -0.2) is 0 Å². The molecule has 0 bridgehead atoms. The van der Waals surface area contributed by atoms with Crippen LogP contribution in [0.15, 0.2) is 21.5 Å². The predicted octanol–water partition coefficient (Wildman–Crippen LogP) is 2.19. The van der Waals surface area contributed by atoms with Gasteiger partial charge in [0.05, 0.1) is 25.9 Å². The highest BCUT2D eigenvalue weighted by molar-refractivity contribution is 5.79. The molecule has 0 spiro atoms. The average Bonchev–Trinajstić information content (AvgIpc) is 3.09. The van der Waals surface area contributed by atoms with Gasteiger partial charge in [-0.15, -0.1) is 0 Å². The van der Waals surface area contributed by atoms with Crippen molar-refractivity contribution >= 4 is 5.96 Å². The smallest absolute Gasteiger partial charge is 0.191 e. The molecule has 1 fully saturated rings. The SMILES string of the molecule is CN=C(NCCOCCC(C)C)NCC(c1ccc(C)o1)N1CCOCC1. The average molecular weight is 381 g/mol. The third kappa shape index (κ3) is 7.91. The Morgan fingerprint density at radius 3 is 2.63 bits per heavy atom. The molecule has 1 unspecified atom stereocenters. The Morgan fingerprint density at radius 1 is 1.22 bits per heavy atom. The fourth-order valence-electron chi connectivity index (χ4n) is 3.01. The maximum absolute atomic E-state index is 5.91. The van der Waals surface area contributed by atoms with Crippen LogP contribution in [0.3, 0.4) is 0 Å². The maximum Gasteiger partial charge on any atom is 0.191 e. The van der Waals surface area contributed by atoms with Gasteiger partial charge in [-0.2, -0.15) is 0 Å². The summed E-state index contributed by atoms with van der Waals surface area (Å²) in [7, 11) is 1.79. The summed E-state index contributed by atoms with van der Waals surface area (Å²) >= 11 is 0. The standard InChI is InChI=1S/C20H36N4O3/c1-16(2)7-11-25-12-8-22-20(21-4)23-15-18(19-6-5-17(3)27-19)24-9-13-26-14-10-24/h5-6,16,18H,7-15H2,1-4H3,(H2,21,22,23). The lowest BCUT2D eigenvalue weighted by atomic mass is 10.1. The highest BCUT2D eigenvalue weighted by atomic mass is 16.5. The normalized spacial score (nSPS) is 17.3. The summed E-state index contributed by atoms with van der Waals surface area (Å²) in [5.74, 6) is 3.37. The fraction of sp³-hybridized carbons (Fsp3) is 0.750. The lowest BCUT2D eigenvalue weighted by Crippen LogP contribution is -2.46. The number of rotatable bonds is 10. The first kappa shape index (κ1) is 21.7. The van der Waals surface area contributed by atoms with Crippen LogP contribution in [-0.4, -0.2) is 70.5 Å². The van der Waals surface area contributed by atoms with Crippen molar-refractivity contribution in [2.24, 2.45) is 10.9 Å². The van der Waals surface area contributed by atoms with Gasteiger partial charge in [0.2, 0.25) is 0 Å². The zero-order valence-corrected chi connectivity index (χ0v) is 17.3. The van der Waals surface area contributed by atoms with Crippen molar-refractivity contribution in [3.8, 4) is 0 Å². The van der Waals surface area contributed by atoms with E-state index in [9.17, 15) is 0 Å². The minimum Gasteiger partial charge on any atom is -0.465 e. The molecule has 0 amide bonds. The van der Waals surface area contributed by atoms with E-state index in [-0.39, 0.29) is 6.04 Å². The van der Waals surface area contributed by atoms with E-state index in [0.29, 0.717) is 12.5 Å². The summed E-state index contributed by atoms with van der Waals surface area (Å²) in [6.07, 6.45) is 1.09. The summed E-state index contributed by atoms with van der Waals surface area (Å²) < 4.78 is 17.1. The Balaban J connectivity index is 1.79. The van der Waals surface area contributed by atoms with Crippen molar-refractivity contribution in [2.45, 2.75) is 33.2 Å². The molecule has 1 aliphatic heterocycles. The number of ether oxygens (including phenoxy) is 2. The number of nitrogens with one attached hydrogen (secondary N) is 2. The summed E-state index contributed by atoms with van der Waals surface area (Å²) in [6.45, 7) is 12.7. The molecule has 1 saturated heterocycles. The highest BCUT2D eigenvalue weighted by Gasteiger charge is 2.25. The summed E-state index contributed by atoms with van der Waals surface area (Å²) in [6, 6.07) is 4.24. The molecule has 1 atom stereocenters. The second-order valence-electron chi connectivity index (χ2n) is 7.29. The number of aryl methyl sites for hydroxylation is 1. The Kier molecular flexibility index (Phi) is 9.66. The topological polar surface area (TPSA) is 71.3 Å². The zero-order valence-electron chi connectivity index (χ0n) is 17.3. The number of aliphatic imine (C=N–C) groups is 1. The molecule has 1 aromatic rings. The van der Waals surface area contributed by atoms with Crippen molar-refractivity contribution in [1.82, 2.24) is 15.5 Å². The van der Waals surface area contributed by atoms with Gasteiger partial charge in [0.15, 0.2) is 5.96 Å². The fourth-order valence-corrected chi connectivity index (χ4v) is 3.01. The molecular weight excluding hydrogens is 344 g/mol. The second kappa shape index (κ2) is 12.0. The number of furan rings is 1. The minimum atomic E-state index is 0.156. The largest absolute Gasteiger partial charge is 0.465 e. The second-order valence-corrected chi connectivity index (χ2v) is 7.29. The van der Waals surface area contributed by atoms with Crippen LogP contribution < -0.4 is 10.6 Å². The summed E-state index contributed by atoms with van der Waals surface area (Å²) in [5.41, 5.74) is 0. The van der Waals surface area contributed by atoms with Crippen LogP contribution in [0.25, 0.3) is 0 Å². The van der Waals surface area contributed by atoms with Crippen LogP contribution >= 0.6 is 0 Å². The van der Waals surface area contributed by atoms with Gasteiger partial charge in [0, 0.05) is 39.8 Å². The first-order chi connectivity index (χ1) is 13.1. The van der Waals surface area contributed by atoms with E-state index in [1.807, 2.05) is 13.0 Å². The molecule has 7 heteroatoms. The molecule has 7 nitrogen and oxygen atoms in total. The first-order valence-corrected chi connectivity index (χ1v) is 10.0. The van der Waals surface area contributed by atoms with Crippen molar-refractivity contribution in [1.29, 1.82) is 0 Å². The van der Waals surface area contributed by atoms with Crippen molar-refractivity contribution in [2.75, 3.05) is 59.7 Å². The van der Waals surface area contributed by atoms with Gasteiger partial charge in [-0.3, -0.25) is 9.89 Å². The van der Waals surface area contributed by atoms with Gasteiger partial charge >= 0.3 is 0 Å². The van der Waals surface area contributed by atoms with E-state index in [1.165, 1.54) is 0 Å². The zero-order chi connectivity index (χ0) is 19.5. The molecule has 0 aliphatic carbocycles. The quantitative estimate of drug-likeness (QED) is 0.368. The van der Waals surface area contributed by atoms with Crippen molar-refractivity contribution < 1.29 is 13.9 Å². The number of guanidine groups is 1. The van der Waals surface area contributed by atoms with Gasteiger partial charge < -0.3 is 24.5 Å². The van der Waals surface area contributed by atoms with Gasteiger partial charge in [0.25, 0.3) is 0 Å². The molecule has 2 N–H and O–H groups in total. The summed E-state index contributed by atoms with van der Waals surface area (Å²) in [5, 5.41) is 6.74. The first-order valence-electron chi connectivity index (χ1n) is 10.0. The number of hydrogen-bond acceptors (Lipinski definition) is 5. The third-order valence-corrected chi connectivity index (χ3v) is 4.64. The molecule has 2 heterocycles. The van der Waals surface area contributed by atoms with Crippen LogP contribution in [-0.2, 0) is 9.47 Å². The molecule has 1 aliphatic rings. The van der Waals surface area contributed by atoms with Crippen molar-refractivity contribution in [3.05, 3.63) is 23.7 Å². The molecule has 0 saturated carbocycles. The number of morpholine rings is 1. The Morgan fingerprint density at radius 2 is 2.00 bits per heavy atom. The lowest BCUT2D eigenvalue weighted by Gasteiger charge is -2.33. The third-order valence-electron chi connectivity index (χ3n) is 4.64. The van der Waals surface area contributed by atoms with E-state index in [1.54, 1.807) is 7.05 Å². The molecule has 1 aromatic heterocycles. The van der Waals surface area contributed by atoms with Crippen LogP contribution in [0.4, 0.5) is 0 Å². The van der Waals surface area contributed by atoms with E-state index in [2.05, 4.69) is 40.4 Å². The molecule has 0 radical (unpaired) electrons. The van der Waals surface area contributed by atoms with E-state index in [0.717, 1.165) is 69.9 Å². The van der Waals surface area contributed by atoms with E-state index < -0.39 is 0 Å². The van der Waals surface area contributed by atoms with Gasteiger partial charge in [-0.05, 0) is 31.4 Å². The minimum absolute atomic E-state index is 0.156. The van der Waals surface area contributed by atoms with Crippen LogP contribution in [0.5, 0.6) is 0 Å². The Labute approximate surface area is 163 Å². The molecule has 0 aromatic carbocycles. The molecule has 2 rings (SSSR count). The number of hydrogen-bond donors (Lipinski definition) is 2. The van der Waals surface area contributed by atoms with E-state index >= 15 is 0 Å². The summed E-state index contributed by atoms with van der Waals surface area (Å²) in [4.78, 5) is 6.71. The Bertz CT molecular complexity index is 553. The monoisotopic (exact) mass is 380 g/mol. The molecule has 154 valence electrons. The molecular formula is C20H36N4O3. The van der Waals surface area contributed by atoms with Crippen LogP contribution in [0.1, 0.15) is 37.8 Å². The Hall–Kier alpha value is -1.57. The molecule has 27 heavy (non-hydrogen) atoms. The lowest BCUT2D eigenvalue weighted by molar-refractivity contribution is 0.0124. The van der Waals surface area contributed by atoms with E-state index in [4.69, 9.17) is 13.9 Å². The van der Waals surface area contributed by atoms with Crippen LogP contribution in [0, 0.1) is 12.8 Å². The van der Waals surface area contributed by atoms with Crippen molar-refractivity contribution in [3.63, 3.8) is 0 Å². The van der Waals surface area contributed by atoms with Gasteiger partial charge in [-0.1, -0.05) is 13.8 Å². The highest BCUT2D eigenvalue weighted by Crippen LogP contribution is 2.23. The maximum atomic E-state index is 5.91. The predicted molar refractivity (Wildman–Crippen MR) is 108 cm³/mol.